The third-order valence-electron chi connectivity index (χ3n) is 2.29. The number of hydrogen-bond acceptors (Lipinski definition) is 4. The van der Waals surface area contributed by atoms with Crippen LogP contribution in [0.15, 0.2) is 28.7 Å². The molecule has 1 aromatic carbocycles. The van der Waals surface area contributed by atoms with E-state index in [0.29, 0.717) is 12.2 Å². The van der Waals surface area contributed by atoms with E-state index in [0.717, 1.165) is 10.2 Å². The number of methoxy groups -OCH3 is 1. The van der Waals surface area contributed by atoms with Crippen molar-refractivity contribution in [2.24, 2.45) is 0 Å². The molecule has 0 spiro atoms. The molecule has 0 aliphatic heterocycles. The number of carbonyl (C=O) groups is 2. The number of esters is 1. The summed E-state index contributed by atoms with van der Waals surface area (Å²) in [6, 6.07) is 7.40. The molecule has 4 nitrogen and oxygen atoms in total. The average molecular weight is 346 g/mol. The van der Waals surface area contributed by atoms with Gasteiger partial charge in [-0.1, -0.05) is 28.9 Å². The molecule has 0 saturated heterocycles. The zero-order valence-electron chi connectivity index (χ0n) is 10.8. The summed E-state index contributed by atoms with van der Waals surface area (Å²) in [5.41, 5.74) is 0.751. The lowest BCUT2D eigenvalue weighted by atomic mass is 10.3. The molecule has 1 aromatic rings. The molecule has 6 heteroatoms. The van der Waals surface area contributed by atoms with Gasteiger partial charge in [0.05, 0.1) is 19.3 Å². The molecule has 104 valence electrons. The maximum Gasteiger partial charge on any atom is 0.306 e. The molecule has 0 aliphatic rings. The Kier molecular flexibility index (Phi) is 6.94. The number of anilines is 1. The van der Waals surface area contributed by atoms with Crippen LogP contribution < -0.4 is 5.32 Å². The highest BCUT2D eigenvalue weighted by Gasteiger charge is 2.12. The molecule has 0 heterocycles. The molecular formula is C13H16BrNO3S. The van der Waals surface area contributed by atoms with Gasteiger partial charge in [-0.25, -0.2) is 0 Å². The molecular weight excluding hydrogens is 330 g/mol. The van der Waals surface area contributed by atoms with Crippen LogP contribution in [0, 0.1) is 0 Å². The Hall–Kier alpha value is -1.01. The van der Waals surface area contributed by atoms with Crippen molar-refractivity contribution < 1.29 is 14.3 Å². The third-order valence-corrected chi connectivity index (χ3v) is 3.95. The summed E-state index contributed by atoms with van der Waals surface area (Å²) >= 11 is 4.77. The van der Waals surface area contributed by atoms with Crippen molar-refractivity contribution in [2.75, 3.05) is 18.2 Å². The number of hydrogen-bond donors (Lipinski definition) is 1. The Morgan fingerprint density at radius 2 is 2.21 bits per heavy atom. The second-order valence-electron chi connectivity index (χ2n) is 3.96. The normalized spacial score (nSPS) is 11.7. The third kappa shape index (κ3) is 6.63. The maximum absolute atomic E-state index is 11.7. The van der Waals surface area contributed by atoms with Crippen LogP contribution in [0.25, 0.3) is 0 Å². The van der Waals surface area contributed by atoms with Gasteiger partial charge in [-0.15, -0.1) is 11.8 Å². The molecule has 0 saturated carbocycles. The van der Waals surface area contributed by atoms with E-state index < -0.39 is 0 Å². The molecule has 1 atom stereocenters. The molecule has 19 heavy (non-hydrogen) atoms. The van der Waals surface area contributed by atoms with Crippen LogP contribution in [0.1, 0.15) is 13.3 Å². The fourth-order valence-electron chi connectivity index (χ4n) is 1.36. The fourth-order valence-corrected chi connectivity index (χ4v) is 2.52. The minimum atomic E-state index is -0.257. The molecule has 1 unspecified atom stereocenters. The van der Waals surface area contributed by atoms with Gasteiger partial charge in [-0.3, -0.25) is 9.59 Å². The van der Waals surface area contributed by atoms with Gasteiger partial charge in [0.1, 0.15) is 0 Å². The summed E-state index contributed by atoms with van der Waals surface area (Å²) < 4.78 is 5.49. The van der Waals surface area contributed by atoms with Gasteiger partial charge < -0.3 is 10.1 Å². The lowest BCUT2D eigenvalue weighted by molar-refractivity contribution is -0.140. The number of thioether (sulfide) groups is 1. The largest absolute Gasteiger partial charge is 0.469 e. The van der Waals surface area contributed by atoms with Crippen LogP contribution in [0.3, 0.4) is 0 Å². The second kappa shape index (κ2) is 8.22. The van der Waals surface area contributed by atoms with Crippen molar-refractivity contribution in [2.45, 2.75) is 18.6 Å². The number of carbonyl (C=O) groups excluding carboxylic acids is 2. The number of nitrogens with one attached hydrogen (secondary N) is 1. The summed E-state index contributed by atoms with van der Waals surface area (Å²) in [6.45, 7) is 1.90. The van der Waals surface area contributed by atoms with Crippen LogP contribution in [0.4, 0.5) is 5.69 Å². The topological polar surface area (TPSA) is 55.4 Å². The molecule has 0 bridgehead atoms. The quantitative estimate of drug-likeness (QED) is 0.805. The summed E-state index contributed by atoms with van der Waals surface area (Å²) in [5.74, 6) is -0.0303. The summed E-state index contributed by atoms with van der Waals surface area (Å²) in [5, 5.41) is 2.86. The van der Waals surface area contributed by atoms with E-state index in [1.54, 1.807) is 0 Å². The van der Waals surface area contributed by atoms with Crippen LogP contribution in [0.5, 0.6) is 0 Å². The zero-order chi connectivity index (χ0) is 14.3. The number of benzene rings is 1. The first-order chi connectivity index (χ1) is 9.01. The van der Waals surface area contributed by atoms with Crippen molar-refractivity contribution >= 4 is 45.3 Å². The Labute approximate surface area is 125 Å². The molecule has 0 aliphatic carbocycles. The van der Waals surface area contributed by atoms with E-state index in [1.165, 1.54) is 18.9 Å². The van der Waals surface area contributed by atoms with Crippen molar-refractivity contribution in [1.29, 1.82) is 0 Å². The highest BCUT2D eigenvalue weighted by Crippen LogP contribution is 2.18. The Morgan fingerprint density at radius 3 is 2.84 bits per heavy atom. The molecule has 0 aromatic heterocycles. The average Bonchev–Trinajstić information content (AvgIpc) is 2.36. The van der Waals surface area contributed by atoms with Crippen LogP contribution in [-0.2, 0) is 14.3 Å². The van der Waals surface area contributed by atoms with Gasteiger partial charge in [-0.05, 0) is 18.2 Å². The number of halogens is 1. The lowest BCUT2D eigenvalue weighted by Crippen LogP contribution is -2.17. The van der Waals surface area contributed by atoms with Crippen molar-refractivity contribution in [1.82, 2.24) is 0 Å². The summed E-state index contributed by atoms with van der Waals surface area (Å²) in [6.07, 6.45) is 0.311. The first-order valence-corrected chi connectivity index (χ1v) is 7.59. The first kappa shape index (κ1) is 16.0. The smallest absolute Gasteiger partial charge is 0.306 e. The highest BCUT2D eigenvalue weighted by molar-refractivity contribution is 9.10. The van der Waals surface area contributed by atoms with Crippen LogP contribution in [-0.4, -0.2) is 30.0 Å². The summed E-state index contributed by atoms with van der Waals surface area (Å²) in [7, 11) is 1.36. The van der Waals surface area contributed by atoms with E-state index in [9.17, 15) is 9.59 Å². The fraction of sp³-hybridized carbons (Fsp3) is 0.385. The summed E-state index contributed by atoms with van der Waals surface area (Å²) in [4.78, 5) is 22.8. The van der Waals surface area contributed by atoms with Crippen LogP contribution >= 0.6 is 27.7 Å². The Bertz CT molecular complexity index is 453. The number of amides is 1. The second-order valence-corrected chi connectivity index (χ2v) is 6.30. The highest BCUT2D eigenvalue weighted by atomic mass is 79.9. The lowest BCUT2D eigenvalue weighted by Gasteiger charge is -2.10. The zero-order valence-corrected chi connectivity index (χ0v) is 13.2. The SMILES string of the molecule is COC(=O)CC(C)SCC(=O)Nc1cccc(Br)c1. The van der Waals surface area contributed by atoms with Gasteiger partial charge in [-0.2, -0.15) is 0 Å². The monoisotopic (exact) mass is 345 g/mol. The van der Waals surface area contributed by atoms with Gasteiger partial charge in [0.15, 0.2) is 0 Å². The maximum atomic E-state index is 11.7. The molecule has 0 radical (unpaired) electrons. The first-order valence-electron chi connectivity index (χ1n) is 5.75. The van der Waals surface area contributed by atoms with E-state index in [4.69, 9.17) is 0 Å². The van der Waals surface area contributed by atoms with Crippen LogP contribution in [0.2, 0.25) is 0 Å². The van der Waals surface area contributed by atoms with Crippen molar-refractivity contribution in [3.05, 3.63) is 28.7 Å². The van der Waals surface area contributed by atoms with E-state index in [1.807, 2.05) is 31.2 Å². The van der Waals surface area contributed by atoms with Gasteiger partial charge in [0, 0.05) is 15.4 Å². The van der Waals surface area contributed by atoms with E-state index in [-0.39, 0.29) is 17.1 Å². The number of rotatable bonds is 6. The standard InChI is InChI=1S/C13H16BrNO3S/c1-9(6-13(17)18-2)19-8-12(16)15-11-5-3-4-10(14)7-11/h3-5,7,9H,6,8H2,1-2H3,(H,15,16). The Balaban J connectivity index is 2.34. The van der Waals surface area contributed by atoms with Crippen molar-refractivity contribution in [3.8, 4) is 0 Å². The molecule has 1 amide bonds. The van der Waals surface area contributed by atoms with Gasteiger partial charge >= 0.3 is 5.97 Å². The minimum Gasteiger partial charge on any atom is -0.469 e. The molecule has 1 rings (SSSR count). The Morgan fingerprint density at radius 1 is 1.47 bits per heavy atom. The molecule has 0 fully saturated rings. The van der Waals surface area contributed by atoms with Crippen molar-refractivity contribution in [3.63, 3.8) is 0 Å². The van der Waals surface area contributed by atoms with Gasteiger partial charge in [0.2, 0.25) is 5.91 Å². The predicted molar refractivity (Wildman–Crippen MR) is 81.3 cm³/mol. The van der Waals surface area contributed by atoms with Gasteiger partial charge in [0.25, 0.3) is 0 Å². The number of ether oxygens (including phenoxy) is 1. The molecule has 1 N–H and O–H groups in total. The minimum absolute atomic E-state index is 0.0562. The van der Waals surface area contributed by atoms with E-state index in [2.05, 4.69) is 26.0 Å². The van der Waals surface area contributed by atoms with E-state index >= 15 is 0 Å². The predicted octanol–water partition coefficient (Wildman–Crippen LogP) is 3.07.